The van der Waals surface area contributed by atoms with Crippen LogP contribution in [0.2, 0.25) is 0 Å². The van der Waals surface area contributed by atoms with Crippen LogP contribution in [-0.2, 0) is 0 Å². The summed E-state index contributed by atoms with van der Waals surface area (Å²) in [4.78, 5) is 0. The lowest BCUT2D eigenvalue weighted by atomic mass is 9.71. The summed E-state index contributed by atoms with van der Waals surface area (Å²) in [7, 11) is 0. The van der Waals surface area contributed by atoms with Gasteiger partial charge in [0.2, 0.25) is 0 Å². The number of benzene rings is 7. The summed E-state index contributed by atoms with van der Waals surface area (Å²) < 4.78 is 5.17. The molecule has 0 radical (unpaired) electrons. The average Bonchev–Trinajstić information content (AvgIpc) is 3.74. The second kappa shape index (κ2) is 10.9. The summed E-state index contributed by atoms with van der Waals surface area (Å²) >= 11 is 1.92. The summed E-state index contributed by atoms with van der Waals surface area (Å²) in [5.41, 5.74) is 16.0. The maximum absolute atomic E-state index is 2.50. The molecule has 7 aromatic carbocycles. The molecule has 236 valence electrons. The van der Waals surface area contributed by atoms with Crippen LogP contribution < -0.4 is 0 Å². The monoisotopic (exact) mass is 655 g/mol. The van der Waals surface area contributed by atoms with Gasteiger partial charge in [0.1, 0.15) is 0 Å². The van der Waals surface area contributed by atoms with Crippen molar-refractivity contribution in [2.45, 2.75) is 25.2 Å². The standard InChI is InChI=1S/C48H33NS/c1-2-12-30(13-3-1)33-19-10-21-41-42-22-11-20-34(48(42)50-47(33)41)31-24-27-46-44(28-31)40-18-8-9-23-45(40)49(46)32-25-26-39-37-16-5-4-14-35(37)36-15-6-7-17-38(36)43(39)29-32/h1-3,6-13,15-29,35H,4-5,14H2. The molecule has 1 atom stereocenters. The number of aromatic nitrogens is 1. The molecule has 0 amide bonds. The quantitative estimate of drug-likeness (QED) is 0.178. The average molecular weight is 656 g/mol. The Morgan fingerprint density at radius 3 is 2.04 bits per heavy atom. The first kappa shape index (κ1) is 28.2. The first-order valence-corrected chi connectivity index (χ1v) is 18.6. The van der Waals surface area contributed by atoms with Gasteiger partial charge in [-0.15, -0.1) is 11.3 Å². The lowest BCUT2D eigenvalue weighted by Gasteiger charge is -2.33. The van der Waals surface area contributed by atoms with E-state index in [2.05, 4.69) is 162 Å². The van der Waals surface area contributed by atoms with Crippen LogP contribution in [0.3, 0.4) is 0 Å². The molecule has 0 spiro atoms. The van der Waals surface area contributed by atoms with E-state index in [0.29, 0.717) is 5.92 Å². The zero-order chi connectivity index (χ0) is 32.8. The number of nitrogens with zero attached hydrogens (tertiary/aromatic N) is 1. The number of hydrogen-bond acceptors (Lipinski definition) is 1. The van der Waals surface area contributed by atoms with Crippen molar-refractivity contribution in [1.82, 2.24) is 4.57 Å². The second-order valence-corrected chi connectivity index (χ2v) is 14.9. The Bertz CT molecular complexity index is 2850. The van der Waals surface area contributed by atoms with Gasteiger partial charge in [0.25, 0.3) is 0 Å². The van der Waals surface area contributed by atoms with E-state index >= 15 is 0 Å². The van der Waals surface area contributed by atoms with Crippen molar-refractivity contribution in [3.05, 3.63) is 169 Å². The third kappa shape index (κ3) is 4.06. The van der Waals surface area contributed by atoms with E-state index in [1.165, 1.54) is 117 Å². The second-order valence-electron chi connectivity index (χ2n) is 13.9. The molecule has 0 fully saturated rings. The van der Waals surface area contributed by atoms with E-state index in [0.717, 1.165) is 0 Å². The fourth-order valence-electron chi connectivity index (χ4n) is 9.00. The van der Waals surface area contributed by atoms with Gasteiger partial charge in [0.15, 0.2) is 0 Å². The van der Waals surface area contributed by atoms with Gasteiger partial charge in [-0.05, 0) is 99.7 Å². The zero-order valence-corrected chi connectivity index (χ0v) is 28.4. The SMILES string of the molecule is C1=C2c3ccc(-n4c5ccccc5c5cc(-c6cccc7c6sc6c(-c8ccccc8)cccc67)ccc54)cc3-c3ccccc3C2CCC1. The van der Waals surface area contributed by atoms with E-state index < -0.39 is 0 Å². The number of thiophene rings is 1. The fourth-order valence-corrected chi connectivity index (χ4v) is 10.4. The maximum atomic E-state index is 2.50. The summed E-state index contributed by atoms with van der Waals surface area (Å²) in [6, 6.07) is 56.7. The van der Waals surface area contributed by atoms with Crippen molar-refractivity contribution in [1.29, 1.82) is 0 Å². The Hall–Kier alpha value is -5.70. The lowest BCUT2D eigenvalue weighted by molar-refractivity contribution is 0.667. The van der Waals surface area contributed by atoms with Crippen LogP contribution in [0, 0.1) is 0 Å². The zero-order valence-electron chi connectivity index (χ0n) is 27.6. The highest BCUT2D eigenvalue weighted by Gasteiger charge is 2.30. The van der Waals surface area contributed by atoms with E-state index in [1.54, 1.807) is 0 Å². The highest BCUT2D eigenvalue weighted by Crippen LogP contribution is 2.51. The lowest BCUT2D eigenvalue weighted by Crippen LogP contribution is -2.13. The Balaban J connectivity index is 1.10. The molecular formula is C48H33NS. The molecule has 0 N–H and O–H groups in total. The van der Waals surface area contributed by atoms with Crippen LogP contribution in [0.25, 0.3) is 86.6 Å². The third-order valence-corrected chi connectivity index (χ3v) is 12.5. The third-order valence-electron chi connectivity index (χ3n) is 11.2. The normalized spacial score (nSPS) is 15.3. The number of rotatable bonds is 3. The van der Waals surface area contributed by atoms with Gasteiger partial charge in [-0.1, -0.05) is 127 Å². The summed E-state index contributed by atoms with van der Waals surface area (Å²) in [5, 5.41) is 5.23. The van der Waals surface area contributed by atoms with Gasteiger partial charge in [-0.25, -0.2) is 0 Å². The van der Waals surface area contributed by atoms with Crippen LogP contribution in [-0.4, -0.2) is 4.57 Å². The fraction of sp³-hybridized carbons (Fsp3) is 0.0833. The Morgan fingerprint density at radius 1 is 0.480 bits per heavy atom. The van der Waals surface area contributed by atoms with Crippen molar-refractivity contribution in [2.75, 3.05) is 0 Å². The van der Waals surface area contributed by atoms with Crippen LogP contribution in [0.4, 0.5) is 0 Å². The molecule has 50 heavy (non-hydrogen) atoms. The van der Waals surface area contributed by atoms with Crippen molar-refractivity contribution in [2.24, 2.45) is 0 Å². The molecule has 11 rings (SSSR count). The molecule has 0 saturated heterocycles. The van der Waals surface area contributed by atoms with Gasteiger partial charge < -0.3 is 4.57 Å². The van der Waals surface area contributed by atoms with Gasteiger partial charge >= 0.3 is 0 Å². The molecule has 2 aliphatic carbocycles. The van der Waals surface area contributed by atoms with Gasteiger partial charge in [0.05, 0.1) is 11.0 Å². The van der Waals surface area contributed by atoms with Crippen LogP contribution >= 0.6 is 11.3 Å². The Kier molecular flexibility index (Phi) is 6.14. The molecule has 1 nitrogen and oxygen atoms in total. The molecule has 0 aliphatic heterocycles. The van der Waals surface area contributed by atoms with Crippen molar-refractivity contribution in [3.63, 3.8) is 0 Å². The predicted molar refractivity (Wildman–Crippen MR) is 215 cm³/mol. The van der Waals surface area contributed by atoms with E-state index in [-0.39, 0.29) is 0 Å². The molecule has 1 unspecified atom stereocenters. The molecule has 2 aliphatic rings. The highest BCUT2D eigenvalue weighted by molar-refractivity contribution is 7.26. The van der Waals surface area contributed by atoms with E-state index in [9.17, 15) is 0 Å². The molecule has 9 aromatic rings. The minimum absolute atomic E-state index is 0.514. The molecule has 2 aromatic heterocycles. The van der Waals surface area contributed by atoms with Crippen LogP contribution in [0.1, 0.15) is 36.3 Å². The van der Waals surface area contributed by atoms with Crippen LogP contribution in [0.5, 0.6) is 0 Å². The minimum atomic E-state index is 0.514. The van der Waals surface area contributed by atoms with Crippen LogP contribution in [0.15, 0.2) is 158 Å². The van der Waals surface area contributed by atoms with E-state index in [4.69, 9.17) is 0 Å². The van der Waals surface area contributed by atoms with Crippen molar-refractivity contribution >= 4 is 58.9 Å². The predicted octanol–water partition coefficient (Wildman–Crippen LogP) is 13.8. The van der Waals surface area contributed by atoms with Gasteiger partial charge in [-0.3, -0.25) is 0 Å². The summed E-state index contributed by atoms with van der Waals surface area (Å²) in [6.07, 6.45) is 6.19. The molecule has 0 bridgehead atoms. The smallest absolute Gasteiger partial charge is 0.0541 e. The molecule has 2 heteroatoms. The Morgan fingerprint density at radius 2 is 1.18 bits per heavy atom. The molecular weight excluding hydrogens is 623 g/mol. The molecule has 2 heterocycles. The number of fused-ring (bicyclic) bond motifs is 12. The van der Waals surface area contributed by atoms with Crippen molar-refractivity contribution in [3.8, 4) is 39.1 Å². The number of hydrogen-bond donors (Lipinski definition) is 0. The maximum Gasteiger partial charge on any atom is 0.0541 e. The minimum Gasteiger partial charge on any atom is -0.309 e. The van der Waals surface area contributed by atoms with E-state index in [1.807, 2.05) is 11.3 Å². The largest absolute Gasteiger partial charge is 0.309 e. The van der Waals surface area contributed by atoms with Gasteiger partial charge in [0, 0.05) is 42.6 Å². The summed E-state index contributed by atoms with van der Waals surface area (Å²) in [5.74, 6) is 0.514. The molecule has 0 saturated carbocycles. The highest BCUT2D eigenvalue weighted by atomic mass is 32.1. The Labute approximate surface area is 295 Å². The van der Waals surface area contributed by atoms with Gasteiger partial charge in [-0.2, -0.15) is 0 Å². The topological polar surface area (TPSA) is 4.93 Å². The first-order chi connectivity index (χ1) is 24.8. The summed E-state index contributed by atoms with van der Waals surface area (Å²) in [6.45, 7) is 0. The number of allylic oxidation sites excluding steroid dienone is 2. The number of para-hydroxylation sites is 1. The first-order valence-electron chi connectivity index (χ1n) is 17.8. The van der Waals surface area contributed by atoms with Crippen molar-refractivity contribution < 1.29 is 0 Å².